The number of hydrogen-bond acceptors (Lipinski definition) is 0. The topological polar surface area (TPSA) is 20.7 Å². The monoisotopic (exact) mass is 320 g/mol. The van der Waals surface area contributed by atoms with Gasteiger partial charge in [-0.2, -0.15) is 0 Å². The second-order valence-corrected chi connectivity index (χ2v) is 6.25. The Morgan fingerprint density at radius 2 is 1.78 bits per heavy atom. The maximum absolute atomic E-state index is 6.22. The highest BCUT2D eigenvalue weighted by molar-refractivity contribution is 6.30. The van der Waals surface area contributed by atoms with Crippen LogP contribution in [-0.2, 0) is 6.42 Å². The van der Waals surface area contributed by atoms with Gasteiger partial charge in [-0.25, -0.2) is 0 Å². The molecule has 114 valence electrons. The summed E-state index contributed by atoms with van der Waals surface area (Å²) in [4.78, 5) is 3.48. The first-order chi connectivity index (χ1) is 11.2. The lowest BCUT2D eigenvalue weighted by atomic mass is 10.0. The summed E-state index contributed by atoms with van der Waals surface area (Å²) in [6, 6.07) is 18.6. The highest BCUT2D eigenvalue weighted by atomic mass is 35.5. The third-order valence-corrected chi connectivity index (χ3v) is 4.56. The first kappa shape index (κ1) is 14.2. The highest BCUT2D eigenvalue weighted by Gasteiger charge is 2.12. The van der Waals surface area contributed by atoms with Crippen LogP contribution in [0.4, 0.5) is 0 Å². The van der Waals surface area contributed by atoms with Crippen LogP contribution in [0.5, 0.6) is 0 Å². The van der Waals surface area contributed by atoms with Gasteiger partial charge in [0.2, 0.25) is 0 Å². The van der Waals surface area contributed by atoms with Crippen molar-refractivity contribution in [2.45, 2.75) is 13.3 Å². The summed E-state index contributed by atoms with van der Waals surface area (Å²) in [5.41, 5.74) is 6.15. The summed E-state index contributed by atoms with van der Waals surface area (Å²) in [6.45, 7) is 2.14. The lowest BCUT2D eigenvalue weighted by Gasteiger charge is -2.12. The average Bonchev–Trinajstić information content (AvgIpc) is 3.18. The Kier molecular flexibility index (Phi) is 3.47. The van der Waals surface area contributed by atoms with Gasteiger partial charge in [-0.05, 0) is 48.4 Å². The maximum atomic E-state index is 6.22. The Labute approximate surface area is 140 Å². The molecule has 0 fully saturated rings. The van der Waals surface area contributed by atoms with Crippen molar-refractivity contribution in [1.82, 2.24) is 9.55 Å². The number of aryl methyl sites for hydroxylation is 1. The number of aromatic amines is 1. The molecule has 4 rings (SSSR count). The largest absolute Gasteiger partial charge is 0.358 e. The van der Waals surface area contributed by atoms with E-state index < -0.39 is 0 Å². The minimum absolute atomic E-state index is 0.757. The zero-order chi connectivity index (χ0) is 15.8. The van der Waals surface area contributed by atoms with Gasteiger partial charge in [-0.15, -0.1) is 0 Å². The second-order valence-electron chi connectivity index (χ2n) is 5.81. The first-order valence-electron chi connectivity index (χ1n) is 7.70. The van der Waals surface area contributed by atoms with E-state index >= 15 is 0 Å². The lowest BCUT2D eigenvalue weighted by Crippen LogP contribution is -1.99. The highest BCUT2D eigenvalue weighted by Crippen LogP contribution is 2.28. The zero-order valence-corrected chi connectivity index (χ0v) is 13.6. The molecule has 0 spiro atoms. The van der Waals surface area contributed by atoms with Crippen molar-refractivity contribution in [1.29, 1.82) is 0 Å². The van der Waals surface area contributed by atoms with Gasteiger partial charge in [0.15, 0.2) is 0 Å². The van der Waals surface area contributed by atoms with Crippen molar-refractivity contribution in [3.63, 3.8) is 0 Å². The van der Waals surface area contributed by atoms with Gasteiger partial charge in [0.1, 0.15) is 0 Å². The smallest absolute Gasteiger partial charge is 0.0499 e. The molecule has 0 amide bonds. The molecule has 0 aliphatic rings. The lowest BCUT2D eigenvalue weighted by molar-refractivity contribution is 1.03. The molecule has 0 bridgehead atoms. The summed E-state index contributed by atoms with van der Waals surface area (Å²) in [5, 5.41) is 2.05. The summed E-state index contributed by atoms with van der Waals surface area (Å²) >= 11 is 6.22. The van der Waals surface area contributed by atoms with E-state index in [1.54, 1.807) is 0 Å². The van der Waals surface area contributed by atoms with Crippen molar-refractivity contribution in [2.75, 3.05) is 0 Å². The van der Waals surface area contributed by atoms with Crippen LogP contribution in [0, 0.1) is 6.92 Å². The van der Waals surface area contributed by atoms with Crippen LogP contribution in [0.1, 0.15) is 16.8 Å². The molecule has 0 atom stereocenters. The van der Waals surface area contributed by atoms with E-state index in [1.807, 2.05) is 24.3 Å². The quantitative estimate of drug-likeness (QED) is 0.513. The number of halogens is 1. The number of aromatic nitrogens is 2. The average molecular weight is 321 g/mol. The number of fused-ring (bicyclic) bond motifs is 1. The minimum atomic E-state index is 0.757. The summed E-state index contributed by atoms with van der Waals surface area (Å²) in [5.74, 6) is 0. The van der Waals surface area contributed by atoms with E-state index in [-0.39, 0.29) is 0 Å². The predicted octanol–water partition coefficient (Wildman–Crippen LogP) is 5.51. The predicted molar refractivity (Wildman–Crippen MR) is 96.6 cm³/mol. The fraction of sp³-hybridized carbons (Fsp3) is 0.100. The van der Waals surface area contributed by atoms with Crippen LogP contribution in [0.25, 0.3) is 16.6 Å². The summed E-state index contributed by atoms with van der Waals surface area (Å²) in [7, 11) is 0. The summed E-state index contributed by atoms with van der Waals surface area (Å²) < 4.78 is 2.12. The molecule has 2 heterocycles. The molecule has 0 radical (unpaired) electrons. The summed E-state index contributed by atoms with van der Waals surface area (Å²) in [6.07, 6.45) is 4.98. The maximum Gasteiger partial charge on any atom is 0.0499 e. The van der Waals surface area contributed by atoms with E-state index in [9.17, 15) is 0 Å². The molecule has 0 saturated heterocycles. The molecule has 2 aromatic heterocycles. The van der Waals surface area contributed by atoms with E-state index in [0.29, 0.717) is 0 Å². The Bertz CT molecular complexity index is 965. The molecule has 4 aromatic rings. The molecule has 0 unspecified atom stereocenters. The van der Waals surface area contributed by atoms with Crippen LogP contribution >= 0.6 is 11.6 Å². The normalized spacial score (nSPS) is 11.2. The molecule has 3 heteroatoms. The molecule has 1 N–H and O–H groups in total. The number of para-hydroxylation sites is 1. The molecular weight excluding hydrogens is 304 g/mol. The molecule has 0 saturated carbocycles. The Morgan fingerprint density at radius 3 is 2.61 bits per heavy atom. The standard InChI is InChI=1S/C20H17ClN2/c1-14-18(17-6-2-3-7-19(17)22-14)12-15-8-9-16(21)13-20(15)23-10-4-5-11-23/h2-11,13,22H,12H2,1H3. The van der Waals surface area contributed by atoms with Gasteiger partial charge >= 0.3 is 0 Å². The van der Waals surface area contributed by atoms with E-state index in [4.69, 9.17) is 11.6 Å². The molecular formula is C20H17ClN2. The van der Waals surface area contributed by atoms with Crippen LogP contribution in [0.15, 0.2) is 67.0 Å². The van der Waals surface area contributed by atoms with Gasteiger partial charge in [-0.1, -0.05) is 35.9 Å². The van der Waals surface area contributed by atoms with Crippen molar-refractivity contribution in [2.24, 2.45) is 0 Å². The fourth-order valence-electron chi connectivity index (χ4n) is 3.17. The van der Waals surface area contributed by atoms with Crippen LogP contribution in [-0.4, -0.2) is 9.55 Å². The number of rotatable bonds is 3. The van der Waals surface area contributed by atoms with Crippen molar-refractivity contribution in [3.05, 3.63) is 88.8 Å². The van der Waals surface area contributed by atoms with Gasteiger partial charge in [0.25, 0.3) is 0 Å². The number of nitrogens with one attached hydrogen (secondary N) is 1. The Balaban J connectivity index is 1.84. The second kappa shape index (κ2) is 5.64. The molecule has 0 aliphatic carbocycles. The van der Waals surface area contributed by atoms with Gasteiger partial charge < -0.3 is 9.55 Å². The van der Waals surface area contributed by atoms with Crippen molar-refractivity contribution < 1.29 is 0 Å². The van der Waals surface area contributed by atoms with Crippen LogP contribution < -0.4 is 0 Å². The minimum Gasteiger partial charge on any atom is -0.358 e. The van der Waals surface area contributed by atoms with E-state index in [2.05, 4.69) is 59.2 Å². The van der Waals surface area contributed by atoms with Gasteiger partial charge in [0, 0.05) is 46.1 Å². The third kappa shape index (κ3) is 2.55. The van der Waals surface area contributed by atoms with Gasteiger partial charge in [-0.3, -0.25) is 0 Å². The van der Waals surface area contributed by atoms with Crippen LogP contribution in [0.2, 0.25) is 5.02 Å². The number of hydrogen-bond donors (Lipinski definition) is 1. The molecule has 2 nitrogen and oxygen atoms in total. The number of H-pyrrole nitrogens is 1. The van der Waals surface area contributed by atoms with E-state index in [0.717, 1.165) is 17.1 Å². The van der Waals surface area contributed by atoms with E-state index in [1.165, 1.54) is 27.7 Å². The van der Waals surface area contributed by atoms with Crippen LogP contribution in [0.3, 0.4) is 0 Å². The Hall–Kier alpha value is -2.45. The SMILES string of the molecule is Cc1[nH]c2ccccc2c1Cc1ccc(Cl)cc1-n1cccc1. The molecule has 2 aromatic carbocycles. The molecule has 0 aliphatic heterocycles. The third-order valence-electron chi connectivity index (χ3n) is 4.32. The number of benzene rings is 2. The zero-order valence-electron chi connectivity index (χ0n) is 12.9. The Morgan fingerprint density at radius 1 is 1.00 bits per heavy atom. The van der Waals surface area contributed by atoms with Gasteiger partial charge in [0.05, 0.1) is 0 Å². The molecule has 23 heavy (non-hydrogen) atoms. The number of nitrogens with zero attached hydrogens (tertiary/aromatic N) is 1. The first-order valence-corrected chi connectivity index (χ1v) is 8.08. The van der Waals surface area contributed by atoms with Crippen molar-refractivity contribution >= 4 is 22.5 Å². The fourth-order valence-corrected chi connectivity index (χ4v) is 3.34. The van der Waals surface area contributed by atoms with Crippen molar-refractivity contribution in [3.8, 4) is 5.69 Å².